The molecule has 3 heterocycles. The number of amides is 1. The first-order chi connectivity index (χ1) is 14.4. The molecule has 1 saturated heterocycles. The number of nitrogens with zero attached hydrogens (tertiary/aromatic N) is 3. The Hall–Kier alpha value is -3.35. The van der Waals surface area contributed by atoms with Gasteiger partial charge in [-0.3, -0.25) is 9.59 Å². The lowest BCUT2D eigenvalue weighted by atomic mass is 10.1. The summed E-state index contributed by atoms with van der Waals surface area (Å²) in [5.41, 5.74) is 2.57. The molecule has 0 radical (unpaired) electrons. The number of anilines is 1. The fourth-order valence-electron chi connectivity index (χ4n) is 4.14. The lowest BCUT2D eigenvalue weighted by Crippen LogP contribution is -2.54. The highest BCUT2D eigenvalue weighted by atomic mass is 19.1. The van der Waals surface area contributed by atoms with Crippen molar-refractivity contribution in [2.24, 2.45) is 0 Å². The first-order valence-corrected chi connectivity index (χ1v) is 10.0. The van der Waals surface area contributed by atoms with Crippen LogP contribution >= 0.6 is 0 Å². The van der Waals surface area contributed by atoms with Gasteiger partial charge >= 0.3 is 0 Å². The minimum atomic E-state index is -0.263. The van der Waals surface area contributed by atoms with E-state index < -0.39 is 0 Å². The molecule has 0 bridgehead atoms. The molecule has 2 aromatic heterocycles. The van der Waals surface area contributed by atoms with E-state index in [2.05, 4.69) is 16.5 Å². The zero-order valence-electron chi connectivity index (χ0n) is 17.2. The number of aromatic amines is 1. The molecule has 4 rings (SSSR count). The Balaban J connectivity index is 1.64. The molecule has 156 valence electrons. The van der Waals surface area contributed by atoms with Gasteiger partial charge in [-0.25, -0.2) is 4.39 Å². The molecule has 7 heteroatoms. The van der Waals surface area contributed by atoms with Gasteiger partial charge in [-0.15, -0.1) is 6.58 Å². The van der Waals surface area contributed by atoms with Crippen LogP contribution in [0, 0.1) is 12.7 Å². The monoisotopic (exact) mass is 408 g/mol. The highest BCUT2D eigenvalue weighted by Crippen LogP contribution is 2.24. The van der Waals surface area contributed by atoms with Crippen LogP contribution in [-0.2, 0) is 6.54 Å². The molecule has 1 atom stereocenters. The number of hydrogen-bond donors (Lipinski definition) is 1. The molecule has 1 aliphatic rings. The largest absolute Gasteiger partial charge is 0.368 e. The number of nitrogens with one attached hydrogen (secondary N) is 1. The summed E-state index contributed by atoms with van der Waals surface area (Å²) in [7, 11) is 0. The second kappa shape index (κ2) is 7.82. The van der Waals surface area contributed by atoms with Gasteiger partial charge in [0, 0.05) is 55.2 Å². The first-order valence-electron chi connectivity index (χ1n) is 10.0. The second-order valence-corrected chi connectivity index (χ2v) is 7.80. The maximum atomic E-state index is 13.5. The maximum absolute atomic E-state index is 13.5. The van der Waals surface area contributed by atoms with Gasteiger partial charge in [0.2, 0.25) is 0 Å². The smallest absolute Gasteiger partial charge is 0.275 e. The van der Waals surface area contributed by atoms with Crippen LogP contribution < -0.4 is 10.5 Å². The number of pyridine rings is 1. The van der Waals surface area contributed by atoms with Crippen molar-refractivity contribution in [3.05, 3.63) is 76.6 Å². The lowest BCUT2D eigenvalue weighted by Gasteiger charge is -2.41. The van der Waals surface area contributed by atoms with E-state index in [0.29, 0.717) is 42.6 Å². The van der Waals surface area contributed by atoms with Gasteiger partial charge in [0.25, 0.3) is 11.5 Å². The number of aryl methyl sites for hydroxylation is 1. The van der Waals surface area contributed by atoms with E-state index in [1.165, 1.54) is 16.7 Å². The SMILES string of the molecule is C=CCn1cc(C(=O)N2CCN(c3ccc(F)cc3)CC2C)c2cc(C)[nH]c2c1=O. The standard InChI is InChI=1S/C23H25FN4O2/c1-4-9-27-14-20(19-12-15(2)25-21(19)23(27)30)22(29)28-11-10-26(13-16(28)3)18-7-5-17(24)6-8-18/h4-8,12,14,16,25H,1,9-11,13H2,2-3H3. The topological polar surface area (TPSA) is 61.3 Å². The Morgan fingerprint density at radius 2 is 2.03 bits per heavy atom. The highest BCUT2D eigenvalue weighted by Gasteiger charge is 2.30. The van der Waals surface area contributed by atoms with Crippen molar-refractivity contribution in [1.29, 1.82) is 0 Å². The highest BCUT2D eigenvalue weighted by molar-refractivity contribution is 6.06. The molecule has 6 nitrogen and oxygen atoms in total. The van der Waals surface area contributed by atoms with E-state index in [0.717, 1.165) is 11.4 Å². The van der Waals surface area contributed by atoms with Crippen LogP contribution in [0.4, 0.5) is 10.1 Å². The summed E-state index contributed by atoms with van der Waals surface area (Å²) in [4.78, 5) is 33.3. The van der Waals surface area contributed by atoms with Crippen LogP contribution in [0.5, 0.6) is 0 Å². The second-order valence-electron chi connectivity index (χ2n) is 7.80. The average molecular weight is 408 g/mol. The summed E-state index contributed by atoms with van der Waals surface area (Å²) >= 11 is 0. The minimum absolute atomic E-state index is 0.0359. The predicted octanol–water partition coefficient (Wildman–Crippen LogP) is 3.31. The van der Waals surface area contributed by atoms with E-state index in [9.17, 15) is 14.0 Å². The lowest BCUT2D eigenvalue weighted by molar-refractivity contribution is 0.0675. The number of hydrogen-bond acceptors (Lipinski definition) is 3. The number of halogens is 1. The molecule has 1 N–H and O–H groups in total. The molecule has 1 amide bonds. The summed E-state index contributed by atoms with van der Waals surface area (Å²) in [5, 5.41) is 0.649. The van der Waals surface area contributed by atoms with E-state index >= 15 is 0 Å². The molecule has 1 aliphatic heterocycles. The summed E-state index contributed by atoms with van der Waals surface area (Å²) in [6.45, 7) is 9.77. The maximum Gasteiger partial charge on any atom is 0.275 e. The van der Waals surface area contributed by atoms with Crippen molar-refractivity contribution in [3.8, 4) is 0 Å². The third kappa shape index (κ3) is 3.51. The Morgan fingerprint density at radius 3 is 2.70 bits per heavy atom. The average Bonchev–Trinajstić information content (AvgIpc) is 3.12. The fourth-order valence-corrected chi connectivity index (χ4v) is 4.14. The Kier molecular flexibility index (Phi) is 5.20. The quantitative estimate of drug-likeness (QED) is 0.674. The molecule has 0 aliphatic carbocycles. The van der Waals surface area contributed by atoms with Crippen molar-refractivity contribution in [2.45, 2.75) is 26.4 Å². The summed E-state index contributed by atoms with van der Waals surface area (Å²) in [6, 6.07) is 8.23. The Bertz CT molecular complexity index is 1160. The van der Waals surface area contributed by atoms with Crippen LogP contribution in [0.1, 0.15) is 23.0 Å². The van der Waals surface area contributed by atoms with Crippen molar-refractivity contribution >= 4 is 22.5 Å². The van der Waals surface area contributed by atoms with Gasteiger partial charge in [-0.1, -0.05) is 6.08 Å². The molecule has 0 spiro atoms. The summed E-state index contributed by atoms with van der Waals surface area (Å²) < 4.78 is 14.7. The van der Waals surface area contributed by atoms with Gasteiger partial charge in [0.05, 0.1) is 5.56 Å². The fraction of sp³-hybridized carbons (Fsp3) is 0.304. The van der Waals surface area contributed by atoms with Crippen molar-refractivity contribution < 1.29 is 9.18 Å². The first kappa shape index (κ1) is 19.9. The minimum Gasteiger partial charge on any atom is -0.368 e. The number of fused-ring (bicyclic) bond motifs is 1. The van der Waals surface area contributed by atoms with E-state index in [4.69, 9.17) is 0 Å². The van der Waals surface area contributed by atoms with Crippen molar-refractivity contribution in [1.82, 2.24) is 14.5 Å². The molecular weight excluding hydrogens is 383 g/mol. The number of rotatable bonds is 4. The molecule has 1 unspecified atom stereocenters. The molecule has 1 fully saturated rings. The number of piperazine rings is 1. The number of allylic oxidation sites excluding steroid dienone is 1. The molecule has 0 saturated carbocycles. The van der Waals surface area contributed by atoms with Gasteiger partial charge in [-0.05, 0) is 44.2 Å². The Morgan fingerprint density at radius 1 is 1.30 bits per heavy atom. The zero-order chi connectivity index (χ0) is 21.4. The van der Waals surface area contributed by atoms with Gasteiger partial charge in [0.1, 0.15) is 11.3 Å². The summed E-state index contributed by atoms with van der Waals surface area (Å²) in [6.07, 6.45) is 3.28. The third-order valence-corrected chi connectivity index (χ3v) is 5.64. The van der Waals surface area contributed by atoms with Gasteiger partial charge in [0.15, 0.2) is 0 Å². The predicted molar refractivity (Wildman–Crippen MR) is 117 cm³/mol. The zero-order valence-corrected chi connectivity index (χ0v) is 17.2. The molecule has 3 aromatic rings. The van der Waals surface area contributed by atoms with Crippen LogP contribution in [0.15, 0.2) is 54.0 Å². The van der Waals surface area contributed by atoms with Gasteiger partial charge < -0.3 is 19.4 Å². The third-order valence-electron chi connectivity index (χ3n) is 5.64. The van der Waals surface area contributed by atoms with Crippen LogP contribution in [0.2, 0.25) is 0 Å². The molecular formula is C23H25FN4O2. The molecule has 1 aromatic carbocycles. The normalized spacial score (nSPS) is 16.8. The van der Waals surface area contributed by atoms with E-state index in [1.807, 2.05) is 24.8 Å². The van der Waals surface area contributed by atoms with Crippen molar-refractivity contribution in [2.75, 3.05) is 24.5 Å². The number of H-pyrrole nitrogens is 1. The number of benzene rings is 1. The number of aromatic nitrogens is 2. The number of carbonyl (C=O) groups is 1. The van der Waals surface area contributed by atoms with Crippen LogP contribution in [0.25, 0.3) is 10.9 Å². The molecule has 30 heavy (non-hydrogen) atoms. The van der Waals surface area contributed by atoms with Gasteiger partial charge in [-0.2, -0.15) is 0 Å². The van der Waals surface area contributed by atoms with Crippen LogP contribution in [-0.4, -0.2) is 46.0 Å². The summed E-state index contributed by atoms with van der Waals surface area (Å²) in [5.74, 6) is -0.357. The van der Waals surface area contributed by atoms with E-state index in [1.54, 1.807) is 24.4 Å². The van der Waals surface area contributed by atoms with Crippen molar-refractivity contribution in [3.63, 3.8) is 0 Å². The van der Waals surface area contributed by atoms with E-state index in [-0.39, 0.29) is 23.3 Å². The number of carbonyl (C=O) groups excluding carboxylic acids is 1. The Labute approximate surface area is 174 Å². The van der Waals surface area contributed by atoms with Crippen LogP contribution in [0.3, 0.4) is 0 Å².